The molecule has 0 spiro atoms. The SMILES string of the molecule is CON(C)C(=O)CC1=CC=CCC1. The zero-order chi connectivity index (χ0) is 9.68. The Hall–Kier alpha value is -1.09. The van der Waals surface area contributed by atoms with Crippen LogP contribution in [0.2, 0.25) is 0 Å². The lowest BCUT2D eigenvalue weighted by molar-refractivity contribution is -0.167. The van der Waals surface area contributed by atoms with E-state index in [4.69, 9.17) is 4.84 Å². The number of hydroxylamine groups is 2. The maximum Gasteiger partial charge on any atom is 0.249 e. The van der Waals surface area contributed by atoms with Gasteiger partial charge in [-0.2, -0.15) is 0 Å². The fourth-order valence-electron chi connectivity index (χ4n) is 1.21. The molecule has 1 amide bonds. The number of carbonyl (C=O) groups is 1. The zero-order valence-electron chi connectivity index (χ0n) is 8.12. The second-order valence-electron chi connectivity index (χ2n) is 3.04. The maximum atomic E-state index is 11.4. The van der Waals surface area contributed by atoms with E-state index in [1.165, 1.54) is 17.7 Å². The van der Waals surface area contributed by atoms with Crippen LogP contribution >= 0.6 is 0 Å². The molecule has 0 N–H and O–H groups in total. The Labute approximate surface area is 78.6 Å². The molecule has 1 rings (SSSR count). The van der Waals surface area contributed by atoms with E-state index in [0.29, 0.717) is 6.42 Å². The highest BCUT2D eigenvalue weighted by molar-refractivity contribution is 5.77. The van der Waals surface area contributed by atoms with E-state index >= 15 is 0 Å². The molecule has 0 aromatic heterocycles. The van der Waals surface area contributed by atoms with Crippen LogP contribution in [0.1, 0.15) is 19.3 Å². The van der Waals surface area contributed by atoms with Crippen LogP contribution in [0.3, 0.4) is 0 Å². The molecule has 0 unspecified atom stereocenters. The summed E-state index contributed by atoms with van der Waals surface area (Å²) in [6.07, 6.45) is 8.60. The van der Waals surface area contributed by atoms with Crippen LogP contribution in [0.25, 0.3) is 0 Å². The number of hydrogen-bond donors (Lipinski definition) is 0. The molecule has 0 aromatic rings. The predicted octanol–water partition coefficient (Wildman–Crippen LogP) is 1.67. The third-order valence-corrected chi connectivity index (χ3v) is 2.10. The third kappa shape index (κ3) is 3.03. The minimum absolute atomic E-state index is 0.00375. The van der Waals surface area contributed by atoms with Crippen LogP contribution in [0, 0.1) is 0 Å². The standard InChI is InChI=1S/C10H15NO2/c1-11(13-2)10(12)8-9-6-4-3-5-7-9/h3-4,6H,5,7-8H2,1-2H3. The van der Waals surface area contributed by atoms with Gasteiger partial charge < -0.3 is 0 Å². The van der Waals surface area contributed by atoms with Crippen molar-refractivity contribution in [2.75, 3.05) is 14.2 Å². The minimum Gasteiger partial charge on any atom is -0.275 e. The fraction of sp³-hybridized carbons (Fsp3) is 0.500. The number of hydrogen-bond acceptors (Lipinski definition) is 2. The zero-order valence-corrected chi connectivity index (χ0v) is 8.12. The van der Waals surface area contributed by atoms with Gasteiger partial charge in [0.15, 0.2) is 0 Å². The molecule has 0 radical (unpaired) electrons. The summed E-state index contributed by atoms with van der Waals surface area (Å²) >= 11 is 0. The number of allylic oxidation sites excluding steroid dienone is 3. The number of amides is 1. The number of nitrogens with zero attached hydrogens (tertiary/aromatic N) is 1. The second kappa shape index (κ2) is 4.82. The molecule has 72 valence electrons. The summed E-state index contributed by atoms with van der Waals surface area (Å²) in [6, 6.07) is 0. The molecule has 0 aliphatic heterocycles. The maximum absolute atomic E-state index is 11.4. The highest BCUT2D eigenvalue weighted by Crippen LogP contribution is 2.15. The molecule has 3 heteroatoms. The Morgan fingerprint density at radius 1 is 1.69 bits per heavy atom. The monoisotopic (exact) mass is 181 g/mol. The van der Waals surface area contributed by atoms with Crippen molar-refractivity contribution in [3.63, 3.8) is 0 Å². The third-order valence-electron chi connectivity index (χ3n) is 2.10. The van der Waals surface area contributed by atoms with Gasteiger partial charge in [-0.3, -0.25) is 9.63 Å². The first-order valence-corrected chi connectivity index (χ1v) is 4.39. The normalized spacial score (nSPS) is 15.4. The molecule has 1 aliphatic rings. The van der Waals surface area contributed by atoms with Crippen molar-refractivity contribution >= 4 is 5.91 Å². The van der Waals surface area contributed by atoms with Crippen molar-refractivity contribution in [3.05, 3.63) is 23.8 Å². The van der Waals surface area contributed by atoms with Crippen LogP contribution in [0.15, 0.2) is 23.8 Å². The van der Waals surface area contributed by atoms with E-state index in [1.54, 1.807) is 7.05 Å². The number of carbonyl (C=O) groups excluding carboxylic acids is 1. The van der Waals surface area contributed by atoms with E-state index in [-0.39, 0.29) is 5.91 Å². The van der Waals surface area contributed by atoms with E-state index in [9.17, 15) is 4.79 Å². The Morgan fingerprint density at radius 2 is 2.46 bits per heavy atom. The van der Waals surface area contributed by atoms with Crippen molar-refractivity contribution in [2.24, 2.45) is 0 Å². The van der Waals surface area contributed by atoms with Crippen LogP contribution < -0.4 is 0 Å². The first-order valence-electron chi connectivity index (χ1n) is 4.39. The average Bonchev–Trinajstić information content (AvgIpc) is 2.18. The van der Waals surface area contributed by atoms with Crippen molar-refractivity contribution in [2.45, 2.75) is 19.3 Å². The lowest BCUT2D eigenvalue weighted by Gasteiger charge is -2.15. The Morgan fingerprint density at radius 3 is 3.00 bits per heavy atom. The molecule has 0 atom stereocenters. The van der Waals surface area contributed by atoms with Gasteiger partial charge in [-0.05, 0) is 12.8 Å². The molecule has 0 saturated heterocycles. The lowest BCUT2D eigenvalue weighted by Crippen LogP contribution is -2.25. The molecular formula is C10H15NO2. The van der Waals surface area contributed by atoms with Gasteiger partial charge in [-0.15, -0.1) is 0 Å². The van der Waals surface area contributed by atoms with Crippen LogP contribution in [0.5, 0.6) is 0 Å². The first-order chi connectivity index (χ1) is 6.24. The average molecular weight is 181 g/mol. The predicted molar refractivity (Wildman–Crippen MR) is 50.9 cm³/mol. The summed E-state index contributed by atoms with van der Waals surface area (Å²) in [4.78, 5) is 16.2. The minimum atomic E-state index is 0.00375. The summed E-state index contributed by atoms with van der Waals surface area (Å²) in [7, 11) is 3.12. The molecule has 0 heterocycles. The van der Waals surface area contributed by atoms with Crippen LogP contribution in [-0.2, 0) is 9.63 Å². The van der Waals surface area contributed by atoms with Gasteiger partial charge in [0.1, 0.15) is 0 Å². The Balaban J connectivity index is 2.44. The van der Waals surface area contributed by atoms with Crippen molar-refractivity contribution in [1.29, 1.82) is 0 Å². The summed E-state index contributed by atoms with van der Waals surface area (Å²) < 4.78 is 0. The summed E-state index contributed by atoms with van der Waals surface area (Å²) in [5.41, 5.74) is 1.18. The molecule has 1 aliphatic carbocycles. The molecule has 0 fully saturated rings. The van der Waals surface area contributed by atoms with E-state index in [1.807, 2.05) is 12.2 Å². The fourth-order valence-corrected chi connectivity index (χ4v) is 1.21. The molecule has 0 saturated carbocycles. The van der Waals surface area contributed by atoms with E-state index < -0.39 is 0 Å². The Kier molecular flexibility index (Phi) is 3.71. The summed E-state index contributed by atoms with van der Waals surface area (Å²) in [5.74, 6) is 0.00375. The smallest absolute Gasteiger partial charge is 0.249 e. The molecule has 0 aromatic carbocycles. The summed E-state index contributed by atoms with van der Waals surface area (Å²) in [5, 5.41) is 1.26. The highest BCUT2D eigenvalue weighted by atomic mass is 16.7. The topological polar surface area (TPSA) is 29.5 Å². The van der Waals surface area contributed by atoms with E-state index in [2.05, 4.69) is 6.08 Å². The molecule has 0 bridgehead atoms. The van der Waals surface area contributed by atoms with Gasteiger partial charge in [0, 0.05) is 7.05 Å². The van der Waals surface area contributed by atoms with Crippen LogP contribution in [0.4, 0.5) is 0 Å². The van der Waals surface area contributed by atoms with Gasteiger partial charge in [-0.1, -0.05) is 23.8 Å². The van der Waals surface area contributed by atoms with Gasteiger partial charge in [0.25, 0.3) is 0 Å². The largest absolute Gasteiger partial charge is 0.275 e. The van der Waals surface area contributed by atoms with Gasteiger partial charge >= 0.3 is 0 Å². The summed E-state index contributed by atoms with van der Waals surface area (Å²) in [6.45, 7) is 0. The van der Waals surface area contributed by atoms with Gasteiger partial charge in [0.05, 0.1) is 13.5 Å². The van der Waals surface area contributed by atoms with Gasteiger partial charge in [-0.25, -0.2) is 5.06 Å². The highest BCUT2D eigenvalue weighted by Gasteiger charge is 2.10. The second-order valence-corrected chi connectivity index (χ2v) is 3.04. The Bertz CT molecular complexity index is 243. The van der Waals surface area contributed by atoms with Crippen molar-refractivity contribution in [3.8, 4) is 0 Å². The van der Waals surface area contributed by atoms with Crippen molar-refractivity contribution in [1.82, 2.24) is 5.06 Å². The van der Waals surface area contributed by atoms with Crippen molar-refractivity contribution < 1.29 is 9.63 Å². The van der Waals surface area contributed by atoms with Gasteiger partial charge in [0.2, 0.25) is 5.91 Å². The molecule has 3 nitrogen and oxygen atoms in total. The lowest BCUT2D eigenvalue weighted by atomic mass is 10.0. The van der Waals surface area contributed by atoms with Crippen LogP contribution in [-0.4, -0.2) is 25.1 Å². The molecule has 13 heavy (non-hydrogen) atoms. The van der Waals surface area contributed by atoms with E-state index in [0.717, 1.165) is 12.8 Å². The first kappa shape index (κ1) is 9.99. The number of rotatable bonds is 3. The quantitative estimate of drug-likeness (QED) is 0.620. The molecular weight excluding hydrogens is 166 g/mol.